The number of aromatic hydroxyl groups is 1. The zero-order chi connectivity index (χ0) is 22.7. The summed E-state index contributed by atoms with van der Waals surface area (Å²) in [4.78, 5) is 0. The van der Waals surface area contributed by atoms with E-state index in [2.05, 4.69) is 4.18 Å². The number of halogens is 3. The molecule has 166 valence electrons. The Balaban J connectivity index is 2.62. The Kier molecular flexibility index (Phi) is 7.12. The van der Waals surface area contributed by atoms with E-state index in [1.54, 1.807) is 25.1 Å². The zero-order valence-electron chi connectivity index (χ0n) is 17.5. The molecule has 0 saturated carbocycles. The lowest BCUT2D eigenvalue weighted by Gasteiger charge is -2.34. The molecule has 0 aliphatic carbocycles. The number of phenols is 1. The summed E-state index contributed by atoms with van der Waals surface area (Å²) in [5.41, 5.74) is -2.97. The van der Waals surface area contributed by atoms with Gasteiger partial charge in [0.25, 0.3) is 0 Å². The molecule has 1 N–H and O–H groups in total. The average Bonchev–Trinajstić information content (AvgIpc) is 2.67. The number of hydrogen-bond acceptors (Lipinski definition) is 4. The summed E-state index contributed by atoms with van der Waals surface area (Å²) >= 11 is 0. The van der Waals surface area contributed by atoms with Crippen molar-refractivity contribution in [3.63, 3.8) is 0 Å². The highest BCUT2D eigenvalue weighted by atomic mass is 32.2. The molecule has 0 aliphatic rings. The normalized spacial score (nSPS) is 12.8. The van der Waals surface area contributed by atoms with Gasteiger partial charge in [0.15, 0.2) is 0 Å². The van der Waals surface area contributed by atoms with Gasteiger partial charge in [0.05, 0.1) is 0 Å². The fourth-order valence-corrected chi connectivity index (χ4v) is 4.27. The van der Waals surface area contributed by atoms with Crippen LogP contribution in [0.5, 0.6) is 11.5 Å². The van der Waals surface area contributed by atoms with E-state index >= 15 is 0 Å². The zero-order valence-corrected chi connectivity index (χ0v) is 18.3. The van der Waals surface area contributed by atoms with Crippen molar-refractivity contribution in [2.45, 2.75) is 64.3 Å². The molecule has 0 aromatic heterocycles. The summed E-state index contributed by atoms with van der Waals surface area (Å²) in [6.07, 6.45) is 2.39. The lowest BCUT2D eigenvalue weighted by molar-refractivity contribution is -0.0500. The van der Waals surface area contributed by atoms with Gasteiger partial charge >= 0.3 is 15.6 Å². The monoisotopic (exact) mass is 444 g/mol. The molecule has 0 amide bonds. The van der Waals surface area contributed by atoms with Crippen molar-refractivity contribution in [3.8, 4) is 11.5 Å². The lowest BCUT2D eigenvalue weighted by atomic mass is 9.70. The summed E-state index contributed by atoms with van der Waals surface area (Å²) in [6.45, 7) is 7.69. The molecule has 30 heavy (non-hydrogen) atoms. The number of hydrogen-bond donors (Lipinski definition) is 1. The van der Waals surface area contributed by atoms with E-state index in [1.807, 2.05) is 32.9 Å². The molecule has 0 atom stereocenters. The van der Waals surface area contributed by atoms with Gasteiger partial charge in [-0.2, -0.15) is 21.6 Å². The summed E-state index contributed by atoms with van der Waals surface area (Å²) in [7, 11) is -5.74. The third-order valence-corrected chi connectivity index (χ3v) is 6.54. The maximum Gasteiger partial charge on any atom is 0.534 e. The Morgan fingerprint density at radius 2 is 1.53 bits per heavy atom. The average molecular weight is 445 g/mol. The van der Waals surface area contributed by atoms with Crippen LogP contribution in [0.2, 0.25) is 0 Å². The first-order valence-corrected chi connectivity index (χ1v) is 11.3. The molecule has 2 aromatic rings. The van der Waals surface area contributed by atoms with Crippen molar-refractivity contribution < 1.29 is 30.9 Å². The molecule has 0 aliphatic heterocycles. The first-order chi connectivity index (χ1) is 13.9. The lowest BCUT2D eigenvalue weighted by Crippen LogP contribution is -2.29. The number of rotatable bonds is 8. The Bertz CT molecular complexity index is 994. The van der Waals surface area contributed by atoms with Gasteiger partial charge in [-0.1, -0.05) is 51.5 Å². The summed E-state index contributed by atoms with van der Waals surface area (Å²) in [6, 6.07) is 10.0. The number of aryl methyl sites for hydroxylation is 2. The van der Waals surface area contributed by atoms with Crippen molar-refractivity contribution in [2.75, 3.05) is 0 Å². The van der Waals surface area contributed by atoms with Gasteiger partial charge in [-0.05, 0) is 60.6 Å². The number of benzene rings is 2. The van der Waals surface area contributed by atoms with Crippen LogP contribution in [-0.4, -0.2) is 19.0 Å². The van der Waals surface area contributed by atoms with E-state index in [9.17, 15) is 26.7 Å². The molecule has 0 unspecified atom stereocenters. The van der Waals surface area contributed by atoms with E-state index in [1.165, 1.54) is 6.07 Å². The topological polar surface area (TPSA) is 63.6 Å². The molecule has 0 radical (unpaired) electrons. The van der Waals surface area contributed by atoms with Crippen molar-refractivity contribution in [1.82, 2.24) is 0 Å². The largest absolute Gasteiger partial charge is 0.534 e. The minimum Gasteiger partial charge on any atom is -0.508 e. The SMILES string of the molecule is CCCc1cc(C(CC)(CC)c2ccc(O)c(C)c2)ccc1OS(=O)(=O)C(F)(F)F. The van der Waals surface area contributed by atoms with Crippen LogP contribution in [0, 0.1) is 6.92 Å². The quantitative estimate of drug-likeness (QED) is 0.401. The van der Waals surface area contributed by atoms with Crippen molar-refractivity contribution in [1.29, 1.82) is 0 Å². The molecular formula is C22H27F3O4S. The standard InChI is InChI=1S/C22H27F3O4S/c1-5-8-16-14-18(10-12-20(16)29-30(27,28)22(23,24)25)21(6-2,7-3)17-9-11-19(26)15(4)13-17/h9-14,26H,5-8H2,1-4H3. The van der Waals surface area contributed by atoms with Gasteiger partial charge < -0.3 is 9.29 Å². The molecule has 0 heterocycles. The van der Waals surface area contributed by atoms with Gasteiger partial charge in [-0.15, -0.1) is 0 Å². The summed E-state index contributed by atoms with van der Waals surface area (Å²) in [5.74, 6) is -0.117. The van der Waals surface area contributed by atoms with Crippen LogP contribution in [0.15, 0.2) is 36.4 Å². The summed E-state index contributed by atoms with van der Waals surface area (Å²) < 4.78 is 65.7. The molecule has 2 aromatic carbocycles. The molecule has 2 rings (SSSR count). The highest BCUT2D eigenvalue weighted by Crippen LogP contribution is 2.42. The fourth-order valence-electron chi connectivity index (χ4n) is 3.77. The second-order valence-electron chi connectivity index (χ2n) is 7.35. The minimum atomic E-state index is -5.74. The third kappa shape index (κ3) is 4.58. The third-order valence-electron chi connectivity index (χ3n) is 5.57. The molecule has 0 bridgehead atoms. The predicted octanol–water partition coefficient (Wildman–Crippen LogP) is 5.99. The van der Waals surface area contributed by atoms with Crippen LogP contribution in [0.3, 0.4) is 0 Å². The smallest absolute Gasteiger partial charge is 0.508 e. The maximum atomic E-state index is 12.8. The van der Waals surface area contributed by atoms with Crippen LogP contribution in [0.4, 0.5) is 13.2 Å². The van der Waals surface area contributed by atoms with E-state index < -0.39 is 21.0 Å². The van der Waals surface area contributed by atoms with E-state index in [-0.39, 0.29) is 11.5 Å². The number of alkyl halides is 3. The second kappa shape index (κ2) is 8.88. The van der Waals surface area contributed by atoms with Crippen LogP contribution in [-0.2, 0) is 22.0 Å². The van der Waals surface area contributed by atoms with Gasteiger partial charge in [0.1, 0.15) is 11.5 Å². The van der Waals surface area contributed by atoms with E-state index in [0.29, 0.717) is 31.2 Å². The Morgan fingerprint density at radius 3 is 2.03 bits per heavy atom. The second-order valence-corrected chi connectivity index (χ2v) is 8.88. The van der Waals surface area contributed by atoms with Crippen LogP contribution in [0.1, 0.15) is 62.3 Å². The molecule has 0 saturated heterocycles. The van der Waals surface area contributed by atoms with Gasteiger partial charge in [-0.25, -0.2) is 0 Å². The summed E-state index contributed by atoms with van der Waals surface area (Å²) in [5, 5.41) is 9.88. The van der Waals surface area contributed by atoms with Gasteiger partial charge in [0, 0.05) is 5.41 Å². The predicted molar refractivity (Wildman–Crippen MR) is 110 cm³/mol. The van der Waals surface area contributed by atoms with Crippen LogP contribution in [0.25, 0.3) is 0 Å². The first kappa shape index (κ1) is 24.1. The Labute approximate surface area is 175 Å². The molecular weight excluding hydrogens is 417 g/mol. The van der Waals surface area contributed by atoms with Crippen molar-refractivity contribution in [3.05, 3.63) is 58.7 Å². The molecule has 0 fully saturated rings. The van der Waals surface area contributed by atoms with Crippen molar-refractivity contribution in [2.24, 2.45) is 0 Å². The Hall–Kier alpha value is -2.22. The van der Waals surface area contributed by atoms with Crippen molar-refractivity contribution >= 4 is 10.1 Å². The van der Waals surface area contributed by atoms with Gasteiger partial charge in [0.2, 0.25) is 0 Å². The van der Waals surface area contributed by atoms with E-state index in [4.69, 9.17) is 0 Å². The fraction of sp³-hybridized carbons (Fsp3) is 0.455. The minimum absolute atomic E-state index is 0.188. The molecule has 4 nitrogen and oxygen atoms in total. The molecule has 8 heteroatoms. The van der Waals surface area contributed by atoms with E-state index in [0.717, 1.165) is 16.7 Å². The van der Waals surface area contributed by atoms with Crippen LogP contribution < -0.4 is 4.18 Å². The van der Waals surface area contributed by atoms with Crippen LogP contribution >= 0.6 is 0 Å². The number of phenolic OH excluding ortho intramolecular Hbond substituents is 1. The molecule has 0 spiro atoms. The highest BCUT2D eigenvalue weighted by molar-refractivity contribution is 7.88. The highest BCUT2D eigenvalue weighted by Gasteiger charge is 2.48. The van der Waals surface area contributed by atoms with Gasteiger partial charge in [-0.3, -0.25) is 0 Å². The Morgan fingerprint density at radius 1 is 0.967 bits per heavy atom. The maximum absolute atomic E-state index is 12.8. The first-order valence-electron chi connectivity index (χ1n) is 9.86.